The average Bonchev–Trinajstić information content (AvgIpc) is 1.83. The van der Waals surface area contributed by atoms with E-state index in [1.165, 1.54) is 6.08 Å². The van der Waals surface area contributed by atoms with Gasteiger partial charge in [0.15, 0.2) is 0 Å². The van der Waals surface area contributed by atoms with Crippen molar-refractivity contribution in [3.05, 3.63) is 17.5 Å². The Hall–Kier alpha value is 0.806. The molecule has 0 bridgehead atoms. The van der Waals surface area contributed by atoms with E-state index >= 15 is 0 Å². The van der Waals surface area contributed by atoms with Crippen molar-refractivity contribution in [1.29, 1.82) is 0 Å². The molecule has 1 fully saturated rings. The van der Waals surface area contributed by atoms with Crippen LogP contribution in [0.3, 0.4) is 0 Å². The van der Waals surface area contributed by atoms with Gasteiger partial charge in [-0.3, -0.25) is 0 Å². The van der Waals surface area contributed by atoms with Crippen molar-refractivity contribution in [2.24, 2.45) is 0 Å². The molecule has 0 spiro atoms. The molecule has 0 aromatic carbocycles. The van der Waals surface area contributed by atoms with Crippen LogP contribution in [0.4, 0.5) is 0 Å². The molecule has 1 aliphatic rings. The van der Waals surface area contributed by atoms with Gasteiger partial charge in [0.2, 0.25) is 0 Å². The molecule has 0 aromatic rings. The standard InChI is InChI=1S/C9H15NO2.K/c1-3-4-8(11)10-7-5-9(2,12)6-7;/h3-4,7,12H,5-6H2,1-2H3,(H,10,11);/q;+1/p-1/b4-3-;. The van der Waals surface area contributed by atoms with Crippen LogP contribution in [0, 0.1) is 0 Å². The summed E-state index contributed by atoms with van der Waals surface area (Å²) in [6.07, 6.45) is 4.32. The Balaban J connectivity index is 0.00000144. The van der Waals surface area contributed by atoms with Crippen LogP contribution in [0.15, 0.2) is 12.2 Å². The molecular formula is C9H14KNO2. The molecule has 0 unspecified atom stereocenters. The number of rotatable bonds is 2. The third kappa shape index (κ3) is 4.72. The van der Waals surface area contributed by atoms with Gasteiger partial charge in [-0.25, -0.2) is 0 Å². The largest absolute Gasteiger partial charge is 1.00 e. The summed E-state index contributed by atoms with van der Waals surface area (Å²) in [5, 5.41) is 13.2. The van der Waals surface area contributed by atoms with Crippen molar-refractivity contribution >= 4 is 5.91 Å². The molecule has 0 atom stereocenters. The van der Waals surface area contributed by atoms with Gasteiger partial charge in [-0.1, -0.05) is 6.08 Å². The zero-order valence-electron chi connectivity index (χ0n) is 8.45. The van der Waals surface area contributed by atoms with E-state index in [9.17, 15) is 9.90 Å². The molecule has 0 saturated heterocycles. The van der Waals surface area contributed by atoms with E-state index < -0.39 is 5.60 Å². The van der Waals surface area contributed by atoms with Crippen molar-refractivity contribution in [3.8, 4) is 0 Å². The van der Waals surface area contributed by atoms with Crippen LogP contribution >= 0.6 is 0 Å². The van der Waals surface area contributed by atoms with E-state index in [1.54, 1.807) is 19.9 Å². The number of carbonyl (C=O) groups excluding carboxylic acids is 1. The fourth-order valence-electron chi connectivity index (χ4n) is 1.41. The predicted molar refractivity (Wildman–Crippen MR) is 46.8 cm³/mol. The third-order valence-corrected chi connectivity index (χ3v) is 1.97. The first-order valence-corrected chi connectivity index (χ1v) is 4.13. The van der Waals surface area contributed by atoms with Crippen molar-refractivity contribution in [2.75, 3.05) is 0 Å². The molecule has 4 heteroatoms. The summed E-state index contributed by atoms with van der Waals surface area (Å²) < 4.78 is 0. The number of hydrogen-bond acceptors (Lipinski definition) is 2. The van der Waals surface area contributed by atoms with Crippen LogP contribution in [0.1, 0.15) is 26.7 Å². The summed E-state index contributed by atoms with van der Waals surface area (Å²) in [5.41, 5.74) is -0.593. The summed E-state index contributed by atoms with van der Waals surface area (Å²) in [5.74, 6) is -0.196. The van der Waals surface area contributed by atoms with Crippen LogP contribution in [-0.4, -0.2) is 22.7 Å². The second kappa shape index (κ2) is 5.63. The number of hydrogen-bond donors (Lipinski definition) is 1. The molecule has 0 aliphatic heterocycles. The summed E-state index contributed by atoms with van der Waals surface area (Å²) in [6, 6.07) is 0.0312. The van der Waals surface area contributed by atoms with Crippen LogP contribution in [0.5, 0.6) is 0 Å². The van der Waals surface area contributed by atoms with Gasteiger partial charge in [0.1, 0.15) is 0 Å². The zero-order valence-corrected chi connectivity index (χ0v) is 11.6. The average molecular weight is 207 g/mol. The maximum Gasteiger partial charge on any atom is 1.00 e. The normalized spacial score (nSPS) is 32.1. The Morgan fingerprint density at radius 1 is 1.62 bits per heavy atom. The Morgan fingerprint density at radius 2 is 2.15 bits per heavy atom. The van der Waals surface area contributed by atoms with E-state index in [2.05, 4.69) is 5.32 Å². The summed E-state index contributed by atoms with van der Waals surface area (Å²) in [6.45, 7) is 3.55. The summed E-state index contributed by atoms with van der Waals surface area (Å²) in [4.78, 5) is 10.9. The van der Waals surface area contributed by atoms with Crippen LogP contribution in [-0.2, 0) is 4.79 Å². The van der Waals surface area contributed by atoms with Gasteiger partial charge in [0.05, 0.1) is 11.5 Å². The molecule has 1 rings (SSSR count). The minimum atomic E-state index is -0.593. The van der Waals surface area contributed by atoms with Crippen LogP contribution in [0.25, 0.3) is 5.32 Å². The maximum atomic E-state index is 10.9. The Bertz CT molecular complexity index is 206. The van der Waals surface area contributed by atoms with Gasteiger partial charge in [-0.15, -0.1) is 6.04 Å². The number of nitrogens with zero attached hydrogens (tertiary/aromatic N) is 1. The molecule has 1 amide bonds. The van der Waals surface area contributed by atoms with Crippen molar-refractivity contribution < 1.29 is 61.3 Å². The Kier molecular flexibility index (Phi) is 5.98. The first-order chi connectivity index (χ1) is 5.53. The van der Waals surface area contributed by atoms with Gasteiger partial charge in [-0.2, -0.15) is 0 Å². The molecule has 1 aliphatic carbocycles. The molecular weight excluding hydrogens is 193 g/mol. The van der Waals surface area contributed by atoms with Crippen LogP contribution in [0.2, 0.25) is 0 Å². The Morgan fingerprint density at radius 3 is 2.54 bits per heavy atom. The smallest absolute Gasteiger partial charge is 0.647 e. The van der Waals surface area contributed by atoms with Gasteiger partial charge in [0, 0.05) is 0 Å². The van der Waals surface area contributed by atoms with Gasteiger partial charge in [0.25, 0.3) is 0 Å². The molecule has 13 heavy (non-hydrogen) atoms. The first-order valence-electron chi connectivity index (χ1n) is 4.13. The molecule has 0 heterocycles. The zero-order chi connectivity index (χ0) is 9.19. The minimum Gasteiger partial charge on any atom is -0.647 e. The molecule has 0 radical (unpaired) electrons. The monoisotopic (exact) mass is 207 g/mol. The second-order valence-electron chi connectivity index (χ2n) is 3.53. The van der Waals surface area contributed by atoms with E-state index in [4.69, 9.17) is 0 Å². The number of amides is 1. The van der Waals surface area contributed by atoms with Crippen LogP contribution < -0.4 is 51.4 Å². The van der Waals surface area contributed by atoms with Gasteiger partial charge >= 0.3 is 51.4 Å². The number of aliphatic hydroxyl groups is 1. The SMILES string of the molecule is C/C=C\C(=O)[N-]C1CC(C)(O)C1.[K+]. The fourth-order valence-corrected chi connectivity index (χ4v) is 1.41. The molecule has 1 N–H and O–H groups in total. The van der Waals surface area contributed by atoms with Crippen molar-refractivity contribution in [3.63, 3.8) is 0 Å². The quantitative estimate of drug-likeness (QED) is 0.437. The predicted octanol–water partition coefficient (Wildman–Crippen LogP) is -1.62. The molecule has 1 saturated carbocycles. The van der Waals surface area contributed by atoms with E-state index in [1.807, 2.05) is 0 Å². The number of allylic oxidation sites excluding steroid dienone is 1. The minimum absolute atomic E-state index is 0. The van der Waals surface area contributed by atoms with E-state index in [0.29, 0.717) is 12.8 Å². The second-order valence-corrected chi connectivity index (χ2v) is 3.53. The third-order valence-electron chi connectivity index (χ3n) is 1.97. The molecule has 3 nitrogen and oxygen atoms in total. The van der Waals surface area contributed by atoms with Crippen molar-refractivity contribution in [1.82, 2.24) is 0 Å². The van der Waals surface area contributed by atoms with E-state index in [0.717, 1.165) is 0 Å². The first kappa shape index (κ1) is 13.8. The Labute approximate surface area is 121 Å². The van der Waals surface area contributed by atoms with Gasteiger partial charge in [-0.05, 0) is 32.8 Å². The molecule has 68 valence electrons. The number of carbonyl (C=O) groups is 1. The van der Waals surface area contributed by atoms with Crippen molar-refractivity contribution in [2.45, 2.75) is 38.3 Å². The van der Waals surface area contributed by atoms with E-state index in [-0.39, 0.29) is 63.3 Å². The van der Waals surface area contributed by atoms with Gasteiger partial charge < -0.3 is 15.2 Å². The molecule has 0 aromatic heterocycles. The fraction of sp³-hybridized carbons (Fsp3) is 0.667. The summed E-state index contributed by atoms with van der Waals surface area (Å²) >= 11 is 0. The maximum absolute atomic E-state index is 10.9. The summed E-state index contributed by atoms with van der Waals surface area (Å²) in [7, 11) is 0. The topological polar surface area (TPSA) is 51.4 Å².